The zero-order chi connectivity index (χ0) is 19.5. The second-order valence-electron chi connectivity index (χ2n) is 7.34. The number of nitrogens with two attached hydrogens (primary N) is 1. The standard InChI is InChI=1S/C20H26N6O2/c21-17-18(25-8-6-15(7-9-25)20(27)28)22-14-23-19(17)26-12-10-24(11-13-26)16-4-2-1-3-5-16/h1-5,14-15H,6-13,21H2,(H,27,28). The number of carboxylic acids is 1. The molecule has 8 heteroatoms. The van der Waals surface area contributed by atoms with Crippen molar-refractivity contribution in [3.8, 4) is 0 Å². The topological polar surface area (TPSA) is 98.8 Å². The van der Waals surface area contributed by atoms with Crippen LogP contribution in [-0.2, 0) is 4.79 Å². The summed E-state index contributed by atoms with van der Waals surface area (Å²) in [5.41, 5.74) is 8.27. The van der Waals surface area contributed by atoms with Crippen LogP contribution in [0.1, 0.15) is 12.8 Å². The molecule has 1 aromatic carbocycles. The van der Waals surface area contributed by atoms with E-state index in [0.29, 0.717) is 31.6 Å². The van der Waals surface area contributed by atoms with E-state index in [9.17, 15) is 9.90 Å². The molecule has 0 atom stereocenters. The fraction of sp³-hybridized carbons (Fsp3) is 0.450. The molecule has 0 saturated carbocycles. The zero-order valence-corrected chi connectivity index (χ0v) is 15.9. The summed E-state index contributed by atoms with van der Waals surface area (Å²) in [6.07, 6.45) is 2.79. The van der Waals surface area contributed by atoms with E-state index in [-0.39, 0.29) is 5.92 Å². The first-order valence-corrected chi connectivity index (χ1v) is 9.76. The second kappa shape index (κ2) is 7.92. The number of rotatable bonds is 4. The highest BCUT2D eigenvalue weighted by Crippen LogP contribution is 2.32. The minimum absolute atomic E-state index is 0.273. The summed E-state index contributed by atoms with van der Waals surface area (Å²) in [7, 11) is 0. The van der Waals surface area contributed by atoms with Crippen molar-refractivity contribution in [2.75, 3.05) is 59.7 Å². The van der Waals surface area contributed by atoms with Crippen LogP contribution < -0.4 is 20.4 Å². The van der Waals surface area contributed by atoms with Gasteiger partial charge in [0.15, 0.2) is 11.6 Å². The molecular formula is C20H26N6O2. The fourth-order valence-corrected chi connectivity index (χ4v) is 4.03. The van der Waals surface area contributed by atoms with Crippen LogP contribution in [0.15, 0.2) is 36.7 Å². The molecule has 0 spiro atoms. The van der Waals surface area contributed by atoms with Gasteiger partial charge in [0, 0.05) is 45.0 Å². The molecule has 0 radical (unpaired) electrons. The highest BCUT2D eigenvalue weighted by molar-refractivity contribution is 5.76. The molecule has 1 aromatic heterocycles. The molecule has 4 rings (SSSR count). The SMILES string of the molecule is Nc1c(N2CCC(C(=O)O)CC2)ncnc1N1CCN(c2ccccc2)CC1. The lowest BCUT2D eigenvalue weighted by molar-refractivity contribution is -0.142. The van der Waals surface area contributed by atoms with E-state index >= 15 is 0 Å². The Morgan fingerprint density at radius 1 is 0.893 bits per heavy atom. The summed E-state index contributed by atoms with van der Waals surface area (Å²) in [4.78, 5) is 26.7. The molecule has 3 N–H and O–H groups in total. The number of aliphatic carboxylic acids is 1. The van der Waals surface area contributed by atoms with Crippen molar-refractivity contribution in [2.24, 2.45) is 5.92 Å². The van der Waals surface area contributed by atoms with E-state index in [1.165, 1.54) is 5.69 Å². The van der Waals surface area contributed by atoms with Crippen LogP contribution in [0.4, 0.5) is 23.0 Å². The van der Waals surface area contributed by atoms with E-state index in [1.807, 2.05) is 6.07 Å². The van der Waals surface area contributed by atoms with Crippen molar-refractivity contribution < 1.29 is 9.90 Å². The lowest BCUT2D eigenvalue weighted by atomic mass is 9.97. The highest BCUT2D eigenvalue weighted by atomic mass is 16.4. The third-order valence-corrected chi connectivity index (χ3v) is 5.69. The van der Waals surface area contributed by atoms with Crippen LogP contribution in [0.25, 0.3) is 0 Å². The lowest BCUT2D eigenvalue weighted by Gasteiger charge is -2.38. The predicted molar refractivity (Wildman–Crippen MR) is 110 cm³/mol. The van der Waals surface area contributed by atoms with Gasteiger partial charge in [-0.3, -0.25) is 4.79 Å². The Balaban J connectivity index is 1.44. The van der Waals surface area contributed by atoms with Gasteiger partial charge in [0.2, 0.25) is 0 Å². The van der Waals surface area contributed by atoms with E-state index in [1.54, 1.807) is 6.33 Å². The second-order valence-corrected chi connectivity index (χ2v) is 7.34. The number of carbonyl (C=O) groups is 1. The monoisotopic (exact) mass is 382 g/mol. The van der Waals surface area contributed by atoms with Crippen molar-refractivity contribution in [1.29, 1.82) is 0 Å². The van der Waals surface area contributed by atoms with Crippen LogP contribution in [0, 0.1) is 5.92 Å². The molecule has 2 aliphatic rings. The Hall–Kier alpha value is -3.03. The van der Waals surface area contributed by atoms with Crippen molar-refractivity contribution in [2.45, 2.75) is 12.8 Å². The number of hydrogen-bond donors (Lipinski definition) is 2. The summed E-state index contributed by atoms with van der Waals surface area (Å²) < 4.78 is 0. The Morgan fingerprint density at radius 3 is 2.00 bits per heavy atom. The maximum Gasteiger partial charge on any atom is 0.306 e. The van der Waals surface area contributed by atoms with E-state index < -0.39 is 5.97 Å². The van der Waals surface area contributed by atoms with Gasteiger partial charge in [0.1, 0.15) is 12.0 Å². The molecule has 0 unspecified atom stereocenters. The molecule has 2 saturated heterocycles. The molecule has 2 aliphatic heterocycles. The Kier molecular flexibility index (Phi) is 5.18. The minimum atomic E-state index is -0.715. The number of nitrogens with zero attached hydrogens (tertiary/aromatic N) is 5. The normalized spacial score (nSPS) is 18.4. The van der Waals surface area contributed by atoms with Crippen molar-refractivity contribution >= 4 is 29.0 Å². The summed E-state index contributed by atoms with van der Waals surface area (Å²) in [5, 5.41) is 9.19. The number of nitrogen functional groups attached to an aromatic ring is 1. The van der Waals surface area contributed by atoms with Gasteiger partial charge in [-0.15, -0.1) is 0 Å². The zero-order valence-electron chi connectivity index (χ0n) is 15.9. The number of benzene rings is 1. The summed E-state index contributed by atoms with van der Waals surface area (Å²) >= 11 is 0. The van der Waals surface area contributed by atoms with E-state index in [4.69, 9.17) is 5.73 Å². The molecule has 0 aliphatic carbocycles. The van der Waals surface area contributed by atoms with Crippen LogP contribution in [0.3, 0.4) is 0 Å². The van der Waals surface area contributed by atoms with Crippen LogP contribution >= 0.6 is 0 Å². The first-order valence-electron chi connectivity index (χ1n) is 9.76. The van der Waals surface area contributed by atoms with Crippen molar-refractivity contribution in [1.82, 2.24) is 9.97 Å². The average Bonchev–Trinajstić information content (AvgIpc) is 2.75. The summed E-state index contributed by atoms with van der Waals surface area (Å²) in [6.45, 7) is 4.81. The highest BCUT2D eigenvalue weighted by Gasteiger charge is 2.28. The third kappa shape index (κ3) is 3.67. The van der Waals surface area contributed by atoms with Gasteiger partial charge in [-0.05, 0) is 25.0 Å². The molecule has 0 bridgehead atoms. The molecule has 2 aromatic rings. The first kappa shape index (κ1) is 18.3. The minimum Gasteiger partial charge on any atom is -0.481 e. The van der Waals surface area contributed by atoms with Gasteiger partial charge in [0.25, 0.3) is 0 Å². The van der Waals surface area contributed by atoms with Crippen molar-refractivity contribution in [3.63, 3.8) is 0 Å². The fourth-order valence-electron chi connectivity index (χ4n) is 4.03. The number of piperidine rings is 1. The molecule has 0 amide bonds. The number of anilines is 4. The molecule has 3 heterocycles. The third-order valence-electron chi connectivity index (χ3n) is 5.69. The number of carboxylic acid groups (broad SMARTS) is 1. The molecule has 148 valence electrons. The quantitative estimate of drug-likeness (QED) is 0.824. The molecular weight excluding hydrogens is 356 g/mol. The van der Waals surface area contributed by atoms with E-state index in [2.05, 4.69) is 48.9 Å². The molecule has 2 fully saturated rings. The van der Waals surface area contributed by atoms with Gasteiger partial charge < -0.3 is 25.5 Å². The van der Waals surface area contributed by atoms with Crippen LogP contribution in [-0.4, -0.2) is 60.3 Å². The molecule has 28 heavy (non-hydrogen) atoms. The van der Waals surface area contributed by atoms with Crippen LogP contribution in [0.2, 0.25) is 0 Å². The maximum absolute atomic E-state index is 11.2. The first-order chi connectivity index (χ1) is 13.6. The largest absolute Gasteiger partial charge is 0.481 e. The number of para-hydroxylation sites is 1. The average molecular weight is 382 g/mol. The van der Waals surface area contributed by atoms with Gasteiger partial charge in [0.05, 0.1) is 5.92 Å². The van der Waals surface area contributed by atoms with Gasteiger partial charge >= 0.3 is 5.97 Å². The van der Waals surface area contributed by atoms with E-state index in [0.717, 1.165) is 37.8 Å². The van der Waals surface area contributed by atoms with Gasteiger partial charge in [-0.25, -0.2) is 9.97 Å². The predicted octanol–water partition coefficient (Wildman–Crippen LogP) is 1.69. The Morgan fingerprint density at radius 2 is 1.43 bits per heavy atom. The molecule has 8 nitrogen and oxygen atoms in total. The summed E-state index contributed by atoms with van der Waals surface area (Å²) in [5.74, 6) is 0.509. The van der Waals surface area contributed by atoms with Gasteiger partial charge in [-0.1, -0.05) is 18.2 Å². The number of hydrogen-bond acceptors (Lipinski definition) is 7. The Labute approximate surface area is 164 Å². The number of piperazine rings is 1. The van der Waals surface area contributed by atoms with Crippen LogP contribution in [0.5, 0.6) is 0 Å². The smallest absolute Gasteiger partial charge is 0.306 e. The van der Waals surface area contributed by atoms with Gasteiger partial charge in [-0.2, -0.15) is 0 Å². The summed E-state index contributed by atoms with van der Waals surface area (Å²) in [6, 6.07) is 10.4. The Bertz CT molecular complexity index is 815. The van der Waals surface area contributed by atoms with Crippen molar-refractivity contribution in [3.05, 3.63) is 36.7 Å². The number of aromatic nitrogens is 2. The maximum atomic E-state index is 11.2. The lowest BCUT2D eigenvalue weighted by Crippen LogP contribution is -2.47.